The first-order valence-corrected chi connectivity index (χ1v) is 15.6. The van der Waals surface area contributed by atoms with Crippen LogP contribution in [0.25, 0.3) is 11.0 Å². The fraction of sp³-hybridized carbons (Fsp3) is 0.323. The molecule has 1 aromatic heterocycles. The molecule has 1 aliphatic heterocycles. The Morgan fingerprint density at radius 2 is 1.70 bits per heavy atom. The van der Waals surface area contributed by atoms with E-state index in [1.54, 1.807) is 55.6 Å². The molecular formula is C31H35N5O6S. The number of aryl methyl sites for hydroxylation is 1. The molecule has 3 aromatic carbocycles. The number of anilines is 3. The summed E-state index contributed by atoms with van der Waals surface area (Å²) in [5.74, 6) is 0.665. The van der Waals surface area contributed by atoms with Crippen molar-refractivity contribution in [3.63, 3.8) is 0 Å². The number of hydrogen-bond donors (Lipinski definition) is 4. The van der Waals surface area contributed by atoms with Crippen LogP contribution in [0, 0.1) is 0 Å². The van der Waals surface area contributed by atoms with Gasteiger partial charge in [-0.2, -0.15) is 0 Å². The lowest BCUT2D eigenvalue weighted by molar-refractivity contribution is 0.0883. The Bertz CT molecular complexity index is 1700. The van der Waals surface area contributed by atoms with E-state index in [1.807, 2.05) is 24.3 Å². The highest BCUT2D eigenvalue weighted by atomic mass is 32.2. The van der Waals surface area contributed by atoms with Crippen molar-refractivity contribution in [3.05, 3.63) is 83.9 Å². The summed E-state index contributed by atoms with van der Waals surface area (Å²) in [6.07, 6.45) is 0.982. The molecule has 0 saturated carbocycles. The first-order valence-electron chi connectivity index (χ1n) is 14.1. The van der Waals surface area contributed by atoms with Crippen molar-refractivity contribution in [2.75, 3.05) is 30.3 Å². The van der Waals surface area contributed by atoms with Gasteiger partial charge in [-0.15, -0.1) is 0 Å². The van der Waals surface area contributed by atoms with Crippen molar-refractivity contribution in [1.29, 1.82) is 0 Å². The minimum Gasteiger partial charge on any atom is -0.497 e. The van der Waals surface area contributed by atoms with E-state index >= 15 is 0 Å². The highest BCUT2D eigenvalue weighted by Gasteiger charge is 2.53. The van der Waals surface area contributed by atoms with Crippen LogP contribution in [-0.4, -0.2) is 64.7 Å². The second-order valence-electron chi connectivity index (χ2n) is 10.5. The van der Waals surface area contributed by atoms with E-state index < -0.39 is 21.0 Å². The second-order valence-corrected chi connectivity index (χ2v) is 12.5. The predicted molar refractivity (Wildman–Crippen MR) is 165 cm³/mol. The molecule has 5 rings (SSSR count). The van der Waals surface area contributed by atoms with Crippen LogP contribution in [-0.2, 0) is 22.9 Å². The molecule has 0 aliphatic carbocycles. The average Bonchev–Trinajstić information content (AvgIpc) is 3.01. The Kier molecular flexibility index (Phi) is 8.97. The van der Waals surface area contributed by atoms with E-state index in [9.17, 15) is 23.4 Å². The number of nitrogens with one attached hydrogen (secondary N) is 2. The Morgan fingerprint density at radius 3 is 2.37 bits per heavy atom. The van der Waals surface area contributed by atoms with Crippen molar-refractivity contribution < 1.29 is 28.2 Å². The lowest BCUT2D eigenvalue weighted by atomic mass is 9.95. The number of nitrogens with zero attached hydrogens (tertiary/aromatic N) is 3. The number of amides is 1. The van der Waals surface area contributed by atoms with Crippen molar-refractivity contribution in [2.45, 2.75) is 43.4 Å². The Hall–Kier alpha value is -4.42. The smallest absolute Gasteiger partial charge is 0.408 e. The van der Waals surface area contributed by atoms with Crippen LogP contribution in [0.3, 0.4) is 0 Å². The summed E-state index contributed by atoms with van der Waals surface area (Å²) in [6.45, 7) is 0.103. The van der Waals surface area contributed by atoms with Crippen LogP contribution in [0.15, 0.2) is 72.8 Å². The molecular weight excluding hydrogens is 570 g/mol. The van der Waals surface area contributed by atoms with E-state index in [-0.39, 0.29) is 37.6 Å². The van der Waals surface area contributed by atoms with Crippen LogP contribution in [0.5, 0.6) is 5.75 Å². The second kappa shape index (κ2) is 12.8. The summed E-state index contributed by atoms with van der Waals surface area (Å²) >= 11 is 0. The third-order valence-corrected chi connectivity index (χ3v) is 9.75. The summed E-state index contributed by atoms with van der Waals surface area (Å²) in [5, 5.41) is 22.9. The van der Waals surface area contributed by atoms with E-state index in [0.717, 1.165) is 10.5 Å². The quantitative estimate of drug-likeness (QED) is 0.182. The molecule has 0 spiro atoms. The van der Waals surface area contributed by atoms with Gasteiger partial charge in [0, 0.05) is 31.3 Å². The van der Waals surface area contributed by atoms with Crippen LogP contribution in [0.2, 0.25) is 0 Å². The number of sulfonamides is 1. The molecule has 1 saturated heterocycles. The minimum absolute atomic E-state index is 0.00979. The number of carbonyl (C=O) groups is 1. The third-order valence-electron chi connectivity index (χ3n) is 7.72. The molecule has 11 nitrogen and oxygen atoms in total. The van der Waals surface area contributed by atoms with Gasteiger partial charge in [0.05, 0.1) is 18.1 Å². The van der Waals surface area contributed by atoms with Crippen molar-refractivity contribution in [1.82, 2.24) is 14.9 Å². The van der Waals surface area contributed by atoms with Gasteiger partial charge >= 0.3 is 6.09 Å². The number of aliphatic hydroxyl groups is 1. The third kappa shape index (κ3) is 6.35. The molecule has 0 bridgehead atoms. The van der Waals surface area contributed by atoms with Crippen LogP contribution < -0.4 is 14.8 Å². The molecule has 4 aromatic rings. The van der Waals surface area contributed by atoms with Gasteiger partial charge in [-0.25, -0.2) is 23.2 Å². The van der Waals surface area contributed by atoms with E-state index in [4.69, 9.17) is 9.72 Å². The molecule has 1 atom stereocenters. The number of fused-ring (bicyclic) bond motifs is 1. The molecule has 1 fully saturated rings. The highest BCUT2D eigenvalue weighted by molar-refractivity contribution is 7.94. The molecule has 43 heavy (non-hydrogen) atoms. The van der Waals surface area contributed by atoms with Gasteiger partial charge in [-0.3, -0.25) is 9.62 Å². The fourth-order valence-electron chi connectivity index (χ4n) is 5.55. The number of aromatic nitrogens is 2. The normalized spacial score (nSPS) is 17.0. The summed E-state index contributed by atoms with van der Waals surface area (Å²) in [7, 11) is -2.87. The number of carboxylic acid groups (broad SMARTS) is 1. The number of methoxy groups -OCH3 is 1. The highest BCUT2D eigenvalue weighted by Crippen LogP contribution is 2.39. The number of likely N-dealkylation sites (tertiary alicyclic amines) is 1. The number of ether oxygens (including phenoxy) is 1. The number of aliphatic hydroxyl groups excluding tert-OH is 1. The Labute approximate surface area is 250 Å². The minimum atomic E-state index is -4.42. The van der Waals surface area contributed by atoms with Crippen LogP contribution in [0.4, 0.5) is 22.1 Å². The molecule has 0 radical (unpaired) electrons. The lowest BCUT2D eigenvalue weighted by Crippen LogP contribution is -2.61. The first kappa shape index (κ1) is 30.1. The molecule has 226 valence electrons. The molecule has 4 N–H and O–H groups in total. The van der Waals surface area contributed by atoms with Gasteiger partial charge in [0.15, 0.2) is 16.5 Å². The van der Waals surface area contributed by atoms with Crippen molar-refractivity contribution in [3.8, 4) is 5.75 Å². The van der Waals surface area contributed by atoms with Gasteiger partial charge in [-0.05, 0) is 61.4 Å². The molecule has 1 aliphatic rings. The monoisotopic (exact) mass is 605 g/mol. The summed E-state index contributed by atoms with van der Waals surface area (Å²) in [6, 6.07) is 21.6. The SMILES string of the molecule is COc1ccc(CCCO)c(Nc2nc3ccccc3nc2NS(=O)(=O)C2(Cc3ccccc3)CCCCN2C(=O)O)c1. The largest absolute Gasteiger partial charge is 0.497 e. The van der Waals surface area contributed by atoms with Gasteiger partial charge in [0.1, 0.15) is 5.75 Å². The average molecular weight is 606 g/mol. The van der Waals surface area contributed by atoms with Gasteiger partial charge in [-0.1, -0.05) is 48.5 Å². The fourth-order valence-corrected chi connectivity index (χ4v) is 7.36. The van der Waals surface area contributed by atoms with Crippen LogP contribution in [0.1, 0.15) is 36.8 Å². The number of para-hydroxylation sites is 2. The maximum Gasteiger partial charge on any atom is 0.408 e. The predicted octanol–water partition coefficient (Wildman–Crippen LogP) is 5.15. The molecule has 1 amide bonds. The number of piperidine rings is 1. The van der Waals surface area contributed by atoms with Crippen LogP contribution >= 0.6 is 0 Å². The van der Waals surface area contributed by atoms with Crippen molar-refractivity contribution in [2.24, 2.45) is 0 Å². The summed E-state index contributed by atoms with van der Waals surface area (Å²) in [5.41, 5.74) is 3.18. The zero-order valence-corrected chi connectivity index (χ0v) is 24.7. The van der Waals surface area contributed by atoms with Gasteiger partial charge in [0.2, 0.25) is 0 Å². The first-order chi connectivity index (χ1) is 20.8. The number of rotatable bonds is 11. The zero-order valence-electron chi connectivity index (χ0n) is 23.9. The van der Waals surface area contributed by atoms with E-state index in [2.05, 4.69) is 15.0 Å². The van der Waals surface area contributed by atoms with E-state index in [1.165, 1.54) is 0 Å². The molecule has 1 unspecified atom stereocenters. The maximum absolute atomic E-state index is 14.5. The van der Waals surface area contributed by atoms with Crippen molar-refractivity contribution >= 4 is 44.5 Å². The summed E-state index contributed by atoms with van der Waals surface area (Å²) < 4.78 is 37.1. The van der Waals surface area contributed by atoms with E-state index in [0.29, 0.717) is 53.7 Å². The lowest BCUT2D eigenvalue weighted by Gasteiger charge is -2.44. The Balaban J connectivity index is 1.62. The van der Waals surface area contributed by atoms with Gasteiger partial charge < -0.3 is 20.3 Å². The Morgan fingerprint density at radius 1 is 1.00 bits per heavy atom. The number of benzene rings is 3. The topological polar surface area (TPSA) is 154 Å². The molecule has 2 heterocycles. The van der Waals surface area contributed by atoms with Gasteiger partial charge in [0.25, 0.3) is 10.0 Å². The number of hydrogen-bond acceptors (Lipinski definition) is 8. The zero-order chi connectivity index (χ0) is 30.5. The molecule has 12 heteroatoms. The standard InChI is InChI=1S/C31H35N5O6S/c1-42-24-16-15-23(12-9-19-37)27(20-24)34-28-29(33-26-14-6-5-13-25(26)32-28)35-43(40,41)31(21-22-10-3-2-4-11-22)17-7-8-18-36(31)30(38)39/h2-6,10-11,13-16,20,37H,7-9,12,17-19,21H2,1H3,(H,32,34)(H,33,35)(H,38,39). The summed E-state index contributed by atoms with van der Waals surface area (Å²) in [4.78, 5) is 21.1. The maximum atomic E-state index is 14.5.